The van der Waals surface area contributed by atoms with E-state index in [1.807, 2.05) is 24.3 Å². The molecule has 4 nitrogen and oxygen atoms in total. The number of carbonyl (C=O) groups excluding carboxylic acids is 1. The van der Waals surface area contributed by atoms with Crippen LogP contribution in [-0.4, -0.2) is 54.0 Å². The van der Waals surface area contributed by atoms with Gasteiger partial charge in [-0.15, -0.1) is 0 Å². The van der Waals surface area contributed by atoms with Gasteiger partial charge in [-0.3, -0.25) is 9.69 Å². The third-order valence-corrected chi connectivity index (χ3v) is 3.77. The summed E-state index contributed by atoms with van der Waals surface area (Å²) in [4.78, 5) is 14.5. The molecule has 1 fully saturated rings. The highest BCUT2D eigenvalue weighted by Gasteiger charge is 2.18. The summed E-state index contributed by atoms with van der Waals surface area (Å²) in [6, 6.07) is 7.72. The first kappa shape index (κ1) is 13.5. The molecule has 0 aromatic heterocycles. The number of benzene rings is 1. The molecule has 1 saturated heterocycles. The quantitative estimate of drug-likeness (QED) is 0.851. The molecule has 18 heavy (non-hydrogen) atoms. The summed E-state index contributed by atoms with van der Waals surface area (Å²) in [5.41, 5.74) is 0.927. The number of rotatable bonds is 4. The Hall–Kier alpha value is -0.910. The molecule has 0 radical (unpaired) electrons. The van der Waals surface area contributed by atoms with Crippen LogP contribution in [0.2, 0.25) is 0 Å². The lowest BCUT2D eigenvalue weighted by Gasteiger charge is -2.33. The third-order valence-electron chi connectivity index (χ3n) is 3.24. The van der Waals surface area contributed by atoms with E-state index in [0.717, 1.165) is 42.6 Å². The van der Waals surface area contributed by atoms with Crippen molar-refractivity contribution in [1.82, 2.24) is 9.80 Å². The molecule has 0 spiro atoms. The van der Waals surface area contributed by atoms with Crippen LogP contribution in [0.25, 0.3) is 0 Å². The number of amides is 1. The zero-order chi connectivity index (χ0) is 13.0. The average molecular weight is 313 g/mol. The molecule has 1 heterocycles. The maximum atomic E-state index is 10.6. The first-order chi connectivity index (χ1) is 8.69. The monoisotopic (exact) mass is 312 g/mol. The standard InChI is InChI=1S/C13H17BrN2O2/c14-12-3-1-11(2-4-12)13(18)9-15-5-7-16(10-17)8-6-15/h1-4,10,13,18H,5-9H2/t13-/m1/s1. The summed E-state index contributed by atoms with van der Waals surface area (Å²) >= 11 is 3.38. The summed E-state index contributed by atoms with van der Waals surface area (Å²) in [5, 5.41) is 10.1. The van der Waals surface area contributed by atoms with E-state index in [1.54, 1.807) is 4.90 Å². The van der Waals surface area contributed by atoms with Crippen molar-refractivity contribution in [2.75, 3.05) is 32.7 Å². The van der Waals surface area contributed by atoms with Crippen LogP contribution in [0, 0.1) is 0 Å². The second-order valence-electron chi connectivity index (χ2n) is 4.51. The van der Waals surface area contributed by atoms with Crippen molar-refractivity contribution in [3.63, 3.8) is 0 Å². The van der Waals surface area contributed by atoms with Crippen LogP contribution < -0.4 is 0 Å². The van der Waals surface area contributed by atoms with Crippen molar-refractivity contribution in [2.24, 2.45) is 0 Å². The van der Waals surface area contributed by atoms with Gasteiger partial charge in [0.15, 0.2) is 0 Å². The van der Waals surface area contributed by atoms with Gasteiger partial charge in [-0.1, -0.05) is 28.1 Å². The minimum Gasteiger partial charge on any atom is -0.387 e. The smallest absolute Gasteiger partial charge is 0.209 e. The molecule has 1 aliphatic heterocycles. The zero-order valence-electron chi connectivity index (χ0n) is 10.1. The average Bonchev–Trinajstić information content (AvgIpc) is 2.40. The van der Waals surface area contributed by atoms with Crippen molar-refractivity contribution in [3.05, 3.63) is 34.3 Å². The molecule has 0 bridgehead atoms. The maximum Gasteiger partial charge on any atom is 0.209 e. The van der Waals surface area contributed by atoms with E-state index in [2.05, 4.69) is 20.8 Å². The van der Waals surface area contributed by atoms with Gasteiger partial charge in [-0.05, 0) is 17.7 Å². The highest BCUT2D eigenvalue weighted by Crippen LogP contribution is 2.18. The van der Waals surface area contributed by atoms with Gasteiger partial charge in [0, 0.05) is 37.2 Å². The van der Waals surface area contributed by atoms with Crippen LogP contribution in [-0.2, 0) is 4.79 Å². The summed E-state index contributed by atoms with van der Waals surface area (Å²) in [7, 11) is 0. The fraction of sp³-hybridized carbons (Fsp3) is 0.462. The second-order valence-corrected chi connectivity index (χ2v) is 5.43. The number of aliphatic hydroxyl groups excluding tert-OH is 1. The Morgan fingerprint density at radius 1 is 1.22 bits per heavy atom. The van der Waals surface area contributed by atoms with Crippen molar-refractivity contribution in [1.29, 1.82) is 0 Å². The van der Waals surface area contributed by atoms with Gasteiger partial charge in [0.2, 0.25) is 6.41 Å². The summed E-state index contributed by atoms with van der Waals surface area (Å²) < 4.78 is 1.01. The predicted molar refractivity (Wildman–Crippen MR) is 73.2 cm³/mol. The number of aliphatic hydroxyl groups is 1. The minimum absolute atomic E-state index is 0.471. The third kappa shape index (κ3) is 3.54. The Morgan fingerprint density at radius 2 is 1.83 bits per heavy atom. The molecule has 1 aromatic rings. The van der Waals surface area contributed by atoms with Crippen molar-refractivity contribution in [2.45, 2.75) is 6.10 Å². The Bertz CT molecular complexity index is 388. The van der Waals surface area contributed by atoms with E-state index in [-0.39, 0.29) is 0 Å². The molecule has 2 rings (SSSR count). The van der Waals surface area contributed by atoms with E-state index in [4.69, 9.17) is 0 Å². The van der Waals surface area contributed by atoms with Crippen molar-refractivity contribution < 1.29 is 9.90 Å². The topological polar surface area (TPSA) is 43.8 Å². The first-order valence-electron chi connectivity index (χ1n) is 6.04. The fourth-order valence-electron chi connectivity index (χ4n) is 2.09. The number of β-amino-alcohol motifs (C(OH)–C–C–N with tert-alkyl or cyclic N) is 1. The Balaban J connectivity index is 1.86. The molecular weight excluding hydrogens is 296 g/mol. The second kappa shape index (κ2) is 6.31. The Morgan fingerprint density at radius 3 is 2.39 bits per heavy atom. The highest BCUT2D eigenvalue weighted by molar-refractivity contribution is 9.10. The van der Waals surface area contributed by atoms with Crippen LogP contribution >= 0.6 is 15.9 Å². The molecule has 0 unspecified atom stereocenters. The van der Waals surface area contributed by atoms with Crippen LogP contribution in [0.5, 0.6) is 0 Å². The minimum atomic E-state index is -0.471. The number of carbonyl (C=O) groups is 1. The lowest BCUT2D eigenvalue weighted by atomic mass is 10.1. The fourth-order valence-corrected chi connectivity index (χ4v) is 2.35. The summed E-state index contributed by atoms with van der Waals surface area (Å²) in [6.45, 7) is 3.76. The molecule has 98 valence electrons. The molecule has 1 N–H and O–H groups in total. The van der Waals surface area contributed by atoms with E-state index < -0.39 is 6.10 Å². The molecular formula is C13H17BrN2O2. The zero-order valence-corrected chi connectivity index (χ0v) is 11.7. The number of halogens is 1. The Kier molecular flexibility index (Phi) is 4.74. The van der Waals surface area contributed by atoms with Crippen LogP contribution in [0.15, 0.2) is 28.7 Å². The first-order valence-corrected chi connectivity index (χ1v) is 6.83. The van der Waals surface area contributed by atoms with Crippen LogP contribution in [0.3, 0.4) is 0 Å². The molecule has 0 aliphatic carbocycles. The number of hydrogen-bond acceptors (Lipinski definition) is 3. The van der Waals surface area contributed by atoms with Gasteiger partial charge in [0.05, 0.1) is 6.10 Å². The molecule has 0 saturated carbocycles. The van der Waals surface area contributed by atoms with E-state index in [0.29, 0.717) is 6.54 Å². The summed E-state index contributed by atoms with van der Waals surface area (Å²) in [6.07, 6.45) is 0.420. The number of nitrogens with zero attached hydrogens (tertiary/aromatic N) is 2. The molecule has 1 aliphatic rings. The van der Waals surface area contributed by atoms with Crippen molar-refractivity contribution in [3.8, 4) is 0 Å². The largest absolute Gasteiger partial charge is 0.387 e. The molecule has 1 atom stereocenters. The van der Waals surface area contributed by atoms with Crippen LogP contribution in [0.1, 0.15) is 11.7 Å². The van der Waals surface area contributed by atoms with E-state index >= 15 is 0 Å². The van der Waals surface area contributed by atoms with E-state index in [9.17, 15) is 9.90 Å². The lowest BCUT2D eigenvalue weighted by molar-refractivity contribution is -0.119. The van der Waals surface area contributed by atoms with Gasteiger partial charge in [-0.2, -0.15) is 0 Å². The Labute approximate surface area is 115 Å². The van der Waals surface area contributed by atoms with Gasteiger partial charge < -0.3 is 10.0 Å². The van der Waals surface area contributed by atoms with Gasteiger partial charge in [-0.25, -0.2) is 0 Å². The molecule has 1 amide bonds. The number of hydrogen-bond donors (Lipinski definition) is 1. The van der Waals surface area contributed by atoms with Gasteiger partial charge in [0.25, 0.3) is 0 Å². The molecule has 5 heteroatoms. The van der Waals surface area contributed by atoms with E-state index in [1.165, 1.54) is 0 Å². The lowest BCUT2D eigenvalue weighted by Crippen LogP contribution is -2.46. The highest BCUT2D eigenvalue weighted by atomic mass is 79.9. The maximum absolute atomic E-state index is 10.6. The summed E-state index contributed by atoms with van der Waals surface area (Å²) in [5.74, 6) is 0. The normalized spacial score (nSPS) is 18.7. The van der Waals surface area contributed by atoms with Gasteiger partial charge in [0.1, 0.15) is 0 Å². The SMILES string of the molecule is O=CN1CCN(C[C@@H](O)c2ccc(Br)cc2)CC1. The van der Waals surface area contributed by atoms with Crippen LogP contribution in [0.4, 0.5) is 0 Å². The predicted octanol–water partition coefficient (Wildman–Crippen LogP) is 1.26. The van der Waals surface area contributed by atoms with Gasteiger partial charge >= 0.3 is 0 Å². The molecule has 1 aromatic carbocycles. The van der Waals surface area contributed by atoms with Crippen molar-refractivity contribution >= 4 is 22.3 Å². The number of piperazine rings is 1.